The minimum Gasteiger partial charge on any atom is -0.493 e. The zero-order chi connectivity index (χ0) is 25.1. The zero-order valence-corrected chi connectivity index (χ0v) is 21.6. The van der Waals surface area contributed by atoms with E-state index in [0.717, 1.165) is 29.9 Å². The number of nitrogens with zero attached hydrogens (tertiary/aromatic N) is 1. The molecule has 5 nitrogen and oxygen atoms in total. The number of aliphatic imine (C=N–C) groups is 1. The van der Waals surface area contributed by atoms with Crippen LogP contribution in [0.5, 0.6) is 11.5 Å². The molecule has 0 aliphatic carbocycles. The highest BCUT2D eigenvalue weighted by Gasteiger charge is 2.06. The largest absolute Gasteiger partial charge is 0.493 e. The van der Waals surface area contributed by atoms with Gasteiger partial charge in [0.25, 0.3) is 0 Å². The molecule has 0 aliphatic heterocycles. The second kappa shape index (κ2) is 17.6. The molecule has 0 bridgehead atoms. The Hall–Kier alpha value is -2.82. The lowest BCUT2D eigenvalue weighted by Crippen LogP contribution is -2.02. The van der Waals surface area contributed by atoms with Crippen molar-refractivity contribution in [1.29, 1.82) is 0 Å². The highest BCUT2D eigenvalue weighted by atomic mass is 16.5. The van der Waals surface area contributed by atoms with Gasteiger partial charge in [0.15, 0.2) is 0 Å². The van der Waals surface area contributed by atoms with Gasteiger partial charge in [-0.3, -0.25) is 4.99 Å². The molecule has 0 amide bonds. The molecule has 2 aromatic carbocycles. The van der Waals surface area contributed by atoms with E-state index in [9.17, 15) is 4.79 Å². The van der Waals surface area contributed by atoms with Crippen LogP contribution in [0.15, 0.2) is 47.5 Å². The van der Waals surface area contributed by atoms with Gasteiger partial charge in [0.05, 0.1) is 24.5 Å². The second-order valence-electron chi connectivity index (χ2n) is 9.04. The monoisotopic (exact) mass is 481 g/mol. The topological polar surface area (TPSA) is 68.1 Å². The predicted molar refractivity (Wildman–Crippen MR) is 145 cm³/mol. The molecular weight excluding hydrogens is 438 g/mol. The lowest BCUT2D eigenvalue weighted by Gasteiger charge is -2.12. The molecule has 0 spiro atoms. The Morgan fingerprint density at radius 2 is 1.34 bits per heavy atom. The predicted octanol–water partition coefficient (Wildman–Crippen LogP) is 8.61. The van der Waals surface area contributed by atoms with E-state index in [4.69, 9.17) is 14.6 Å². The van der Waals surface area contributed by atoms with Crippen LogP contribution in [0.25, 0.3) is 0 Å². The van der Waals surface area contributed by atoms with Crippen molar-refractivity contribution >= 4 is 17.9 Å². The van der Waals surface area contributed by atoms with E-state index in [1.807, 2.05) is 18.2 Å². The van der Waals surface area contributed by atoms with Crippen LogP contribution in [-0.2, 0) is 0 Å². The lowest BCUT2D eigenvalue weighted by atomic mass is 10.1. The first-order valence-electron chi connectivity index (χ1n) is 13.4. The number of rotatable bonds is 19. The fourth-order valence-electron chi connectivity index (χ4n) is 3.81. The van der Waals surface area contributed by atoms with E-state index in [2.05, 4.69) is 18.8 Å². The normalized spacial score (nSPS) is 11.1. The average Bonchev–Trinajstić information content (AvgIpc) is 2.87. The molecular formula is C30H43NO4. The van der Waals surface area contributed by atoms with Gasteiger partial charge in [-0.25, -0.2) is 4.79 Å². The number of carboxylic acid groups (broad SMARTS) is 1. The molecule has 0 aliphatic rings. The summed E-state index contributed by atoms with van der Waals surface area (Å²) in [5, 5.41) is 9.07. The number of hydrogen-bond acceptors (Lipinski definition) is 4. The summed E-state index contributed by atoms with van der Waals surface area (Å²) in [7, 11) is 0. The molecule has 35 heavy (non-hydrogen) atoms. The Kier molecular flexibility index (Phi) is 14.3. The zero-order valence-electron chi connectivity index (χ0n) is 21.6. The molecule has 2 aromatic rings. The molecule has 5 heteroatoms. The maximum atomic E-state index is 11.1. The maximum absolute atomic E-state index is 11.1. The quantitative estimate of drug-likeness (QED) is 0.161. The minimum atomic E-state index is -0.942. The fourth-order valence-corrected chi connectivity index (χ4v) is 3.81. The highest BCUT2D eigenvalue weighted by Crippen LogP contribution is 2.26. The van der Waals surface area contributed by atoms with Crippen molar-refractivity contribution in [1.82, 2.24) is 0 Å². The molecule has 0 fully saturated rings. The van der Waals surface area contributed by atoms with Crippen molar-refractivity contribution in [3.8, 4) is 11.5 Å². The average molecular weight is 482 g/mol. The first-order chi connectivity index (χ1) is 17.1. The molecule has 0 heterocycles. The second-order valence-corrected chi connectivity index (χ2v) is 9.04. The van der Waals surface area contributed by atoms with Crippen molar-refractivity contribution in [2.75, 3.05) is 13.2 Å². The van der Waals surface area contributed by atoms with E-state index in [0.29, 0.717) is 18.9 Å². The van der Waals surface area contributed by atoms with Crippen molar-refractivity contribution in [2.24, 2.45) is 4.99 Å². The number of ether oxygens (including phenoxy) is 2. The summed E-state index contributed by atoms with van der Waals surface area (Å²) >= 11 is 0. The van der Waals surface area contributed by atoms with Gasteiger partial charge >= 0.3 is 5.97 Å². The Balaban J connectivity index is 1.97. The van der Waals surface area contributed by atoms with Crippen molar-refractivity contribution in [2.45, 2.75) is 90.9 Å². The maximum Gasteiger partial charge on any atom is 0.335 e. The first kappa shape index (κ1) is 28.4. The number of aromatic carboxylic acids is 1. The van der Waals surface area contributed by atoms with Crippen LogP contribution in [0.4, 0.5) is 5.69 Å². The number of carboxylic acids is 1. The number of benzene rings is 2. The summed E-state index contributed by atoms with van der Waals surface area (Å²) in [6.45, 7) is 5.85. The summed E-state index contributed by atoms with van der Waals surface area (Å²) in [6.07, 6.45) is 16.5. The van der Waals surface area contributed by atoms with Crippen LogP contribution in [0.3, 0.4) is 0 Å². The van der Waals surface area contributed by atoms with Crippen molar-refractivity contribution in [3.05, 3.63) is 53.6 Å². The van der Waals surface area contributed by atoms with E-state index in [1.54, 1.807) is 30.5 Å². The van der Waals surface area contributed by atoms with Gasteiger partial charge in [-0.15, -0.1) is 0 Å². The number of unbranched alkanes of at least 4 members (excludes halogenated alkanes) is 10. The summed E-state index contributed by atoms with van der Waals surface area (Å²) in [5.74, 6) is 0.645. The molecule has 2 rings (SSSR count). The summed E-state index contributed by atoms with van der Waals surface area (Å²) in [6, 6.07) is 12.4. The summed E-state index contributed by atoms with van der Waals surface area (Å²) < 4.78 is 12.1. The lowest BCUT2D eigenvalue weighted by molar-refractivity contribution is 0.0697. The van der Waals surface area contributed by atoms with Crippen LogP contribution in [0.2, 0.25) is 0 Å². The fraction of sp³-hybridized carbons (Fsp3) is 0.533. The van der Waals surface area contributed by atoms with Crippen LogP contribution in [0.1, 0.15) is 107 Å². The van der Waals surface area contributed by atoms with E-state index in [-0.39, 0.29) is 5.56 Å². The first-order valence-corrected chi connectivity index (χ1v) is 13.4. The molecule has 192 valence electrons. The van der Waals surface area contributed by atoms with E-state index >= 15 is 0 Å². The molecule has 0 unspecified atom stereocenters. The van der Waals surface area contributed by atoms with Gasteiger partial charge in [0.2, 0.25) is 0 Å². The Morgan fingerprint density at radius 1 is 0.771 bits per heavy atom. The van der Waals surface area contributed by atoms with Crippen LogP contribution >= 0.6 is 0 Å². The molecule has 0 saturated heterocycles. The standard InChI is InChI=1S/C30H43NO4/c1-3-5-7-9-11-13-21-34-28-20-17-26(24-31-27-18-15-25(16-19-27)30(32)33)29(23-28)35-22-14-12-10-8-6-4-2/h15-20,23-24H,3-14,21-22H2,1-2H3,(H,32,33). The van der Waals surface area contributed by atoms with Crippen molar-refractivity contribution < 1.29 is 19.4 Å². The summed E-state index contributed by atoms with van der Waals surface area (Å²) in [5.41, 5.74) is 1.82. The number of carbonyl (C=O) groups is 1. The molecule has 1 N–H and O–H groups in total. The molecule has 0 radical (unpaired) electrons. The highest BCUT2D eigenvalue weighted by molar-refractivity contribution is 5.89. The van der Waals surface area contributed by atoms with E-state index in [1.165, 1.54) is 64.2 Å². The molecule has 0 atom stereocenters. The third-order valence-electron chi connectivity index (χ3n) is 5.97. The van der Waals surface area contributed by atoms with Crippen LogP contribution in [-0.4, -0.2) is 30.5 Å². The molecule has 0 aromatic heterocycles. The third kappa shape index (κ3) is 11.9. The third-order valence-corrected chi connectivity index (χ3v) is 5.97. The van der Waals surface area contributed by atoms with Crippen molar-refractivity contribution in [3.63, 3.8) is 0 Å². The van der Waals surface area contributed by atoms with Crippen LogP contribution in [0, 0.1) is 0 Å². The van der Waals surface area contributed by atoms with Gasteiger partial charge in [0, 0.05) is 17.8 Å². The Bertz CT molecular complexity index is 876. The van der Waals surface area contributed by atoms with E-state index < -0.39 is 5.97 Å². The minimum absolute atomic E-state index is 0.249. The van der Waals surface area contributed by atoms with Gasteiger partial charge in [-0.2, -0.15) is 0 Å². The van der Waals surface area contributed by atoms with Gasteiger partial charge < -0.3 is 14.6 Å². The van der Waals surface area contributed by atoms with Crippen LogP contribution < -0.4 is 9.47 Å². The van der Waals surface area contributed by atoms with Gasteiger partial charge in [-0.05, 0) is 49.2 Å². The summed E-state index contributed by atoms with van der Waals surface area (Å²) in [4.78, 5) is 15.6. The van der Waals surface area contributed by atoms with Gasteiger partial charge in [-0.1, -0.05) is 78.1 Å². The Morgan fingerprint density at radius 3 is 1.94 bits per heavy atom. The molecule has 0 saturated carbocycles. The Labute approximate surface area is 211 Å². The number of hydrogen-bond donors (Lipinski definition) is 1. The smallest absolute Gasteiger partial charge is 0.335 e. The SMILES string of the molecule is CCCCCCCCOc1ccc(C=Nc2ccc(C(=O)O)cc2)c(OCCCCCCCC)c1. The van der Waals surface area contributed by atoms with Gasteiger partial charge in [0.1, 0.15) is 11.5 Å².